The first-order chi connectivity index (χ1) is 13.6. The molecule has 28 heavy (non-hydrogen) atoms. The number of rotatable bonds is 5. The first-order valence-electron chi connectivity index (χ1n) is 8.40. The molecule has 0 aliphatic carbocycles. The zero-order valence-electron chi connectivity index (χ0n) is 14.8. The van der Waals surface area contributed by atoms with Crippen molar-refractivity contribution < 1.29 is 9.21 Å². The molecule has 0 bridgehead atoms. The van der Waals surface area contributed by atoms with Crippen molar-refractivity contribution in [2.45, 2.75) is 12.1 Å². The summed E-state index contributed by atoms with van der Waals surface area (Å²) in [4.78, 5) is 23.5. The molecule has 0 saturated carbocycles. The van der Waals surface area contributed by atoms with E-state index in [-0.39, 0.29) is 11.7 Å². The van der Waals surface area contributed by atoms with E-state index in [1.807, 2.05) is 31.2 Å². The maximum absolute atomic E-state index is 12.3. The second-order valence-electron chi connectivity index (χ2n) is 6.05. The van der Waals surface area contributed by atoms with Gasteiger partial charge in [0, 0.05) is 17.1 Å². The number of amides is 1. The second-order valence-corrected chi connectivity index (χ2v) is 7.00. The Morgan fingerprint density at radius 1 is 1.14 bits per heavy atom. The maximum Gasteiger partial charge on any atom is 0.336 e. The van der Waals surface area contributed by atoms with Crippen LogP contribution in [0.2, 0.25) is 0 Å². The summed E-state index contributed by atoms with van der Waals surface area (Å²) >= 11 is 1.24. The smallest absolute Gasteiger partial charge is 0.336 e. The number of aromatic nitrogens is 4. The molecule has 2 heterocycles. The molecular formula is C19H15N5O3S. The third-order valence-electron chi connectivity index (χ3n) is 3.95. The van der Waals surface area contributed by atoms with Crippen molar-refractivity contribution in [3.05, 3.63) is 70.6 Å². The quantitative estimate of drug-likeness (QED) is 0.411. The van der Waals surface area contributed by atoms with Crippen LogP contribution in [0.3, 0.4) is 0 Å². The highest BCUT2D eigenvalue weighted by molar-refractivity contribution is 7.99. The largest absolute Gasteiger partial charge is 0.423 e. The molecule has 1 amide bonds. The number of anilines is 1. The summed E-state index contributed by atoms with van der Waals surface area (Å²) in [7, 11) is 0. The normalized spacial score (nSPS) is 10.9. The standard InChI is InChI=1S/C19H15N5O3S/c1-12-2-6-15(7-3-12)24-19(21-22-23-24)28-11-17(25)20-14-5-8-16-13(10-14)4-9-18(26)27-16/h2-10H,11H2,1H3,(H,20,25). The molecule has 0 radical (unpaired) electrons. The third kappa shape index (κ3) is 3.94. The minimum atomic E-state index is -0.410. The van der Waals surface area contributed by atoms with Crippen molar-refractivity contribution in [2.24, 2.45) is 0 Å². The molecule has 0 aliphatic heterocycles. The van der Waals surface area contributed by atoms with Gasteiger partial charge in [0.2, 0.25) is 11.1 Å². The minimum absolute atomic E-state index is 0.147. The van der Waals surface area contributed by atoms with Crippen molar-refractivity contribution in [1.82, 2.24) is 20.2 Å². The van der Waals surface area contributed by atoms with E-state index in [0.29, 0.717) is 16.4 Å². The lowest BCUT2D eigenvalue weighted by Gasteiger charge is -2.07. The molecule has 0 atom stereocenters. The van der Waals surface area contributed by atoms with Crippen molar-refractivity contribution >= 4 is 34.3 Å². The van der Waals surface area contributed by atoms with Crippen LogP contribution in [0.4, 0.5) is 5.69 Å². The molecule has 4 aromatic rings. The molecule has 0 aliphatic rings. The van der Waals surface area contributed by atoms with Gasteiger partial charge in [-0.05, 0) is 53.7 Å². The van der Waals surface area contributed by atoms with Gasteiger partial charge in [-0.1, -0.05) is 29.5 Å². The van der Waals surface area contributed by atoms with Gasteiger partial charge in [-0.25, -0.2) is 4.79 Å². The fourth-order valence-electron chi connectivity index (χ4n) is 2.59. The molecule has 0 spiro atoms. The molecular weight excluding hydrogens is 378 g/mol. The van der Waals surface area contributed by atoms with Gasteiger partial charge in [0.05, 0.1) is 11.4 Å². The number of hydrogen-bond donors (Lipinski definition) is 1. The van der Waals surface area contributed by atoms with Crippen LogP contribution in [0.25, 0.3) is 16.7 Å². The van der Waals surface area contributed by atoms with E-state index in [1.165, 1.54) is 17.8 Å². The van der Waals surface area contributed by atoms with Gasteiger partial charge in [0.1, 0.15) is 5.58 Å². The Kier molecular flexibility index (Phi) is 4.90. The maximum atomic E-state index is 12.3. The lowest BCUT2D eigenvalue weighted by atomic mass is 10.2. The number of nitrogens with zero attached hydrogens (tertiary/aromatic N) is 4. The Bertz CT molecular complexity index is 1200. The molecule has 0 saturated heterocycles. The van der Waals surface area contributed by atoms with Crippen molar-refractivity contribution in [1.29, 1.82) is 0 Å². The fraction of sp³-hybridized carbons (Fsp3) is 0.105. The number of nitrogens with one attached hydrogen (secondary N) is 1. The van der Waals surface area contributed by atoms with Crippen molar-refractivity contribution in [3.63, 3.8) is 0 Å². The number of benzene rings is 2. The average molecular weight is 393 g/mol. The zero-order valence-corrected chi connectivity index (χ0v) is 15.6. The van der Waals surface area contributed by atoms with Gasteiger partial charge < -0.3 is 9.73 Å². The van der Waals surface area contributed by atoms with E-state index in [2.05, 4.69) is 20.8 Å². The summed E-state index contributed by atoms with van der Waals surface area (Å²) < 4.78 is 6.68. The predicted octanol–water partition coefficient (Wildman–Crippen LogP) is 2.81. The van der Waals surface area contributed by atoms with Crippen molar-refractivity contribution in [2.75, 3.05) is 11.1 Å². The Hall–Kier alpha value is -3.46. The number of hydrogen-bond acceptors (Lipinski definition) is 7. The molecule has 140 valence electrons. The summed E-state index contributed by atoms with van der Waals surface area (Å²) in [5.41, 5.74) is 2.64. The van der Waals surface area contributed by atoms with Gasteiger partial charge in [-0.3, -0.25) is 4.79 Å². The Balaban J connectivity index is 1.43. The lowest BCUT2D eigenvalue weighted by molar-refractivity contribution is -0.113. The lowest BCUT2D eigenvalue weighted by Crippen LogP contribution is -2.14. The topological polar surface area (TPSA) is 103 Å². The van der Waals surface area contributed by atoms with E-state index >= 15 is 0 Å². The summed E-state index contributed by atoms with van der Waals surface area (Å²) in [5, 5.41) is 15.7. The van der Waals surface area contributed by atoms with Crippen LogP contribution < -0.4 is 10.9 Å². The van der Waals surface area contributed by atoms with Crippen LogP contribution in [-0.2, 0) is 4.79 Å². The molecule has 2 aromatic carbocycles. The molecule has 1 N–H and O–H groups in total. The monoisotopic (exact) mass is 393 g/mol. The minimum Gasteiger partial charge on any atom is -0.423 e. The highest BCUT2D eigenvalue weighted by Crippen LogP contribution is 2.20. The van der Waals surface area contributed by atoms with Crippen LogP contribution in [0, 0.1) is 6.92 Å². The fourth-order valence-corrected chi connectivity index (χ4v) is 3.28. The number of carbonyl (C=O) groups excluding carboxylic acids is 1. The number of carbonyl (C=O) groups is 1. The molecule has 0 unspecified atom stereocenters. The first-order valence-corrected chi connectivity index (χ1v) is 9.39. The van der Waals surface area contributed by atoms with Gasteiger partial charge >= 0.3 is 5.63 Å². The number of tetrazole rings is 1. The number of aryl methyl sites for hydroxylation is 1. The molecule has 0 fully saturated rings. The Morgan fingerprint density at radius 3 is 2.79 bits per heavy atom. The van der Waals surface area contributed by atoms with Gasteiger partial charge in [-0.15, -0.1) is 5.10 Å². The average Bonchev–Trinajstić information content (AvgIpc) is 3.16. The number of fused-ring (bicyclic) bond motifs is 1. The SMILES string of the molecule is Cc1ccc(-n2nnnc2SCC(=O)Nc2ccc3oc(=O)ccc3c2)cc1. The van der Waals surface area contributed by atoms with Gasteiger partial charge in [0.15, 0.2) is 0 Å². The van der Waals surface area contributed by atoms with E-state index < -0.39 is 5.63 Å². The highest BCUT2D eigenvalue weighted by atomic mass is 32.2. The Morgan fingerprint density at radius 2 is 1.96 bits per heavy atom. The van der Waals surface area contributed by atoms with Crippen LogP contribution in [-0.4, -0.2) is 31.9 Å². The highest BCUT2D eigenvalue weighted by Gasteiger charge is 2.12. The Labute approximate surface area is 163 Å². The van der Waals surface area contributed by atoms with Crippen LogP contribution in [0.15, 0.2) is 69.0 Å². The van der Waals surface area contributed by atoms with Gasteiger partial charge in [-0.2, -0.15) is 4.68 Å². The van der Waals surface area contributed by atoms with E-state index in [0.717, 1.165) is 16.6 Å². The summed E-state index contributed by atoms with van der Waals surface area (Å²) in [5.74, 6) is -0.0473. The van der Waals surface area contributed by atoms with E-state index in [1.54, 1.807) is 28.9 Å². The van der Waals surface area contributed by atoms with Crippen molar-refractivity contribution in [3.8, 4) is 5.69 Å². The first kappa shape index (κ1) is 17.9. The number of thioether (sulfide) groups is 1. The van der Waals surface area contributed by atoms with Crippen LogP contribution >= 0.6 is 11.8 Å². The summed E-state index contributed by atoms with van der Waals surface area (Å²) in [6.07, 6.45) is 0. The molecule has 9 heteroatoms. The molecule has 4 rings (SSSR count). The predicted molar refractivity (Wildman–Crippen MR) is 106 cm³/mol. The summed E-state index contributed by atoms with van der Waals surface area (Å²) in [6, 6.07) is 15.9. The molecule has 8 nitrogen and oxygen atoms in total. The summed E-state index contributed by atoms with van der Waals surface area (Å²) in [6.45, 7) is 2.00. The van der Waals surface area contributed by atoms with Gasteiger partial charge in [0.25, 0.3) is 0 Å². The van der Waals surface area contributed by atoms with E-state index in [4.69, 9.17) is 4.42 Å². The molecule has 2 aromatic heterocycles. The zero-order chi connectivity index (χ0) is 19.5. The van der Waals surface area contributed by atoms with Crippen LogP contribution in [0.5, 0.6) is 0 Å². The van der Waals surface area contributed by atoms with Crippen LogP contribution in [0.1, 0.15) is 5.56 Å². The second kappa shape index (κ2) is 7.65. The third-order valence-corrected chi connectivity index (χ3v) is 4.87. The van der Waals surface area contributed by atoms with E-state index in [9.17, 15) is 9.59 Å².